The highest BCUT2D eigenvalue weighted by atomic mass is 16.3. The van der Waals surface area contributed by atoms with Gasteiger partial charge >= 0.3 is 0 Å². The molecule has 0 aliphatic rings. The number of carbonyl (C=O) groups is 2. The molecule has 4 heteroatoms. The number of unbranched alkanes of at least 4 members (excludes halogenated alkanes) is 2. The van der Waals surface area contributed by atoms with E-state index in [4.69, 9.17) is 10.2 Å². The fraction of sp³-hybridized carbons (Fsp3) is 0.917. The molecule has 0 aromatic carbocycles. The van der Waals surface area contributed by atoms with Crippen molar-refractivity contribution >= 4 is 11.6 Å². The molecule has 4 nitrogen and oxygen atoms in total. The molecule has 0 aromatic rings. The first-order chi connectivity index (χ1) is 13.2. The first-order valence-corrected chi connectivity index (χ1v) is 11.5. The Hall–Kier alpha value is -0.740. The van der Waals surface area contributed by atoms with Crippen molar-refractivity contribution in [3.05, 3.63) is 0 Å². The summed E-state index contributed by atoms with van der Waals surface area (Å²) in [7, 11) is 0. The number of carbonyl (C=O) groups excluding carboxylic acids is 2. The van der Waals surface area contributed by atoms with E-state index in [1.807, 2.05) is 27.7 Å². The van der Waals surface area contributed by atoms with Crippen LogP contribution in [-0.4, -0.2) is 34.0 Å². The summed E-state index contributed by atoms with van der Waals surface area (Å²) in [6.45, 7) is 15.7. The first-order valence-electron chi connectivity index (χ1n) is 11.5. The molecule has 0 aromatic heterocycles. The molecule has 2 N–H and O–H groups in total. The maximum atomic E-state index is 10.4. The summed E-state index contributed by atoms with van der Waals surface area (Å²) in [5.74, 6) is 0.685. The second kappa shape index (κ2) is 31.0. The van der Waals surface area contributed by atoms with Gasteiger partial charge < -0.3 is 15.0 Å². The van der Waals surface area contributed by atoms with Crippen LogP contribution in [0.15, 0.2) is 0 Å². The molecule has 0 amide bonds. The number of hydrogen-bond donors (Lipinski definition) is 2. The molecule has 0 bridgehead atoms. The van der Waals surface area contributed by atoms with E-state index in [0.717, 1.165) is 64.2 Å². The first kappa shape index (κ1) is 34.7. The molecule has 0 aliphatic carbocycles. The third-order valence-electron chi connectivity index (χ3n) is 3.87. The third-order valence-corrected chi connectivity index (χ3v) is 3.87. The molecule has 2 unspecified atom stereocenters. The fourth-order valence-electron chi connectivity index (χ4n) is 1.92. The monoisotopic (exact) mass is 404 g/mol. The van der Waals surface area contributed by atoms with Crippen LogP contribution in [0.5, 0.6) is 0 Å². The van der Waals surface area contributed by atoms with Gasteiger partial charge in [-0.2, -0.15) is 0 Å². The zero-order chi connectivity index (χ0) is 22.8. The van der Waals surface area contributed by atoms with Gasteiger partial charge in [0.25, 0.3) is 0 Å². The quantitative estimate of drug-likeness (QED) is 0.382. The molecule has 0 rings (SSSR count). The highest BCUT2D eigenvalue weighted by molar-refractivity contribution is 5.77. The molecule has 0 saturated heterocycles. The maximum absolute atomic E-state index is 10.4. The van der Waals surface area contributed by atoms with Gasteiger partial charge in [-0.3, -0.25) is 4.79 Å². The van der Waals surface area contributed by atoms with E-state index in [1.54, 1.807) is 6.92 Å². The van der Waals surface area contributed by atoms with Crippen molar-refractivity contribution < 1.29 is 19.8 Å². The number of hydrogen-bond acceptors (Lipinski definition) is 4. The summed E-state index contributed by atoms with van der Waals surface area (Å²) in [4.78, 5) is 20.6. The van der Waals surface area contributed by atoms with Crippen LogP contribution in [0.4, 0.5) is 0 Å². The minimum atomic E-state index is -0.0973. The number of aliphatic hydroxyl groups is 2. The average Bonchev–Trinajstić information content (AvgIpc) is 2.66. The van der Waals surface area contributed by atoms with Crippen molar-refractivity contribution in [2.45, 2.75) is 145 Å². The van der Waals surface area contributed by atoms with E-state index in [0.29, 0.717) is 18.0 Å². The molecular weight excluding hydrogens is 352 g/mol. The van der Waals surface area contributed by atoms with Crippen LogP contribution >= 0.6 is 0 Å². The second-order valence-electron chi connectivity index (χ2n) is 7.29. The van der Waals surface area contributed by atoms with Crippen molar-refractivity contribution in [1.29, 1.82) is 0 Å². The summed E-state index contributed by atoms with van der Waals surface area (Å²) < 4.78 is 0. The zero-order valence-corrected chi connectivity index (χ0v) is 20.4. The molecule has 0 heterocycles. The predicted octanol–water partition coefficient (Wildman–Crippen LogP) is 6.65. The van der Waals surface area contributed by atoms with Gasteiger partial charge in [-0.1, -0.05) is 67.2 Å². The number of ketones is 2. The Morgan fingerprint density at radius 2 is 1.29 bits per heavy atom. The van der Waals surface area contributed by atoms with Gasteiger partial charge in [0, 0.05) is 19.3 Å². The molecule has 2 atom stereocenters. The molecule has 0 saturated carbocycles. The lowest BCUT2D eigenvalue weighted by atomic mass is 10.2. The van der Waals surface area contributed by atoms with Crippen LogP contribution < -0.4 is 0 Å². The average molecular weight is 405 g/mol. The zero-order valence-electron chi connectivity index (χ0n) is 20.4. The summed E-state index contributed by atoms with van der Waals surface area (Å²) in [6, 6.07) is 0. The Balaban J connectivity index is -0.000000137. The van der Waals surface area contributed by atoms with E-state index >= 15 is 0 Å². The summed E-state index contributed by atoms with van der Waals surface area (Å²) in [5.41, 5.74) is 0. The Morgan fingerprint density at radius 1 is 0.750 bits per heavy atom. The molecule has 0 radical (unpaired) electrons. The second-order valence-corrected chi connectivity index (χ2v) is 7.29. The molecule has 28 heavy (non-hydrogen) atoms. The summed E-state index contributed by atoms with van der Waals surface area (Å²) in [6.07, 6.45) is 11.5. The van der Waals surface area contributed by atoms with Crippen molar-refractivity contribution in [1.82, 2.24) is 0 Å². The minimum Gasteiger partial charge on any atom is -0.393 e. The van der Waals surface area contributed by atoms with Gasteiger partial charge in [-0.15, -0.1) is 0 Å². The standard InChI is InChI=1S/C6H14O.C6H12O.C6H14O.C6H12O/c2*1-3-4-5-6(2)7;2*1-3-5-6(7)4-2/h6-7H,3-5H2,1-2H3;3-5H2,1-2H3;6-7H,3-5H2,1-2H3;3-5H2,1-2H3. The third kappa shape index (κ3) is 49.9. The molecule has 0 aliphatic heterocycles. The van der Waals surface area contributed by atoms with Gasteiger partial charge in [0.05, 0.1) is 12.2 Å². The SMILES string of the molecule is CCCC(=O)CC.CCCC(O)CC.CCCCC(C)=O.CCCCC(C)O. The van der Waals surface area contributed by atoms with Crippen LogP contribution in [0.1, 0.15) is 132 Å². The topological polar surface area (TPSA) is 74.6 Å². The van der Waals surface area contributed by atoms with Crippen LogP contribution in [0.2, 0.25) is 0 Å². The Morgan fingerprint density at radius 3 is 1.43 bits per heavy atom. The lowest BCUT2D eigenvalue weighted by Crippen LogP contribution is -2.01. The van der Waals surface area contributed by atoms with Gasteiger partial charge in [0.2, 0.25) is 0 Å². The molecule has 0 fully saturated rings. The highest BCUT2D eigenvalue weighted by Gasteiger charge is 1.94. The predicted molar refractivity (Wildman–Crippen MR) is 123 cm³/mol. The normalized spacial score (nSPS) is 11.5. The van der Waals surface area contributed by atoms with Gasteiger partial charge in [-0.05, 0) is 46.0 Å². The molecular formula is C24H52O4. The van der Waals surface area contributed by atoms with Gasteiger partial charge in [0.15, 0.2) is 0 Å². The van der Waals surface area contributed by atoms with Crippen LogP contribution in [0.3, 0.4) is 0 Å². The molecule has 172 valence electrons. The lowest BCUT2D eigenvalue weighted by molar-refractivity contribution is -0.119. The number of rotatable bonds is 12. The Bertz CT molecular complexity index is 301. The molecule has 0 spiro atoms. The van der Waals surface area contributed by atoms with Crippen molar-refractivity contribution in [3.63, 3.8) is 0 Å². The number of Topliss-reactive ketones (excluding diaryl/α,β-unsaturated/α-hetero) is 2. The van der Waals surface area contributed by atoms with E-state index in [-0.39, 0.29) is 12.2 Å². The van der Waals surface area contributed by atoms with E-state index in [9.17, 15) is 9.59 Å². The minimum absolute atomic E-state index is 0.0509. The van der Waals surface area contributed by atoms with E-state index in [2.05, 4.69) is 20.8 Å². The highest BCUT2D eigenvalue weighted by Crippen LogP contribution is 1.98. The van der Waals surface area contributed by atoms with Gasteiger partial charge in [0.1, 0.15) is 11.6 Å². The van der Waals surface area contributed by atoms with E-state index in [1.165, 1.54) is 6.42 Å². The largest absolute Gasteiger partial charge is 0.393 e. The van der Waals surface area contributed by atoms with Gasteiger partial charge in [-0.25, -0.2) is 0 Å². The van der Waals surface area contributed by atoms with Crippen LogP contribution in [-0.2, 0) is 9.59 Å². The summed E-state index contributed by atoms with van der Waals surface area (Å²) in [5, 5.41) is 17.5. The lowest BCUT2D eigenvalue weighted by Gasteiger charge is -2.01. The van der Waals surface area contributed by atoms with Crippen LogP contribution in [0.25, 0.3) is 0 Å². The fourth-order valence-corrected chi connectivity index (χ4v) is 1.92. The maximum Gasteiger partial charge on any atom is 0.132 e. The van der Waals surface area contributed by atoms with Crippen LogP contribution in [0, 0.1) is 0 Å². The van der Waals surface area contributed by atoms with E-state index < -0.39 is 0 Å². The Labute approximate surface area is 176 Å². The summed E-state index contributed by atoms with van der Waals surface area (Å²) >= 11 is 0. The Kier molecular flexibility index (Phi) is 38.4. The van der Waals surface area contributed by atoms with Crippen molar-refractivity contribution in [2.24, 2.45) is 0 Å². The smallest absolute Gasteiger partial charge is 0.132 e. The van der Waals surface area contributed by atoms with Crippen molar-refractivity contribution in [3.8, 4) is 0 Å². The number of aliphatic hydroxyl groups excluding tert-OH is 2. The van der Waals surface area contributed by atoms with Crippen molar-refractivity contribution in [2.75, 3.05) is 0 Å².